The van der Waals surface area contributed by atoms with Gasteiger partial charge in [0.05, 0.1) is 0 Å². The van der Waals surface area contributed by atoms with Gasteiger partial charge in [-0.15, -0.1) is 0 Å². The monoisotopic (exact) mass is 360 g/mol. The third-order valence-electron chi connectivity index (χ3n) is 3.34. The Morgan fingerprint density at radius 3 is 2.41 bits per heavy atom. The molecule has 0 bridgehead atoms. The summed E-state index contributed by atoms with van der Waals surface area (Å²) in [4.78, 5) is 23.7. The smallest absolute Gasteiger partial charge is 0.313 e. The van der Waals surface area contributed by atoms with E-state index in [9.17, 15) is 9.59 Å². The first-order chi connectivity index (χ1) is 10.5. The average molecular weight is 361 g/mol. The van der Waals surface area contributed by atoms with Gasteiger partial charge in [-0.3, -0.25) is 9.59 Å². The number of carbonyl (C=O) groups is 2. The van der Waals surface area contributed by atoms with Crippen LogP contribution in [0.1, 0.15) is 16.7 Å². The zero-order valence-corrected chi connectivity index (χ0v) is 14.0. The van der Waals surface area contributed by atoms with Crippen LogP contribution in [0.15, 0.2) is 46.9 Å². The summed E-state index contributed by atoms with van der Waals surface area (Å²) in [5, 5.41) is 5.20. The van der Waals surface area contributed by atoms with Crippen molar-refractivity contribution in [3.05, 3.63) is 63.6 Å². The number of carbonyl (C=O) groups excluding carboxylic acids is 2. The second-order valence-corrected chi connectivity index (χ2v) is 5.88. The van der Waals surface area contributed by atoms with Crippen LogP contribution in [-0.4, -0.2) is 11.8 Å². The molecular formula is C17H17BrN2O2. The van der Waals surface area contributed by atoms with Crippen molar-refractivity contribution in [2.24, 2.45) is 0 Å². The summed E-state index contributed by atoms with van der Waals surface area (Å²) in [5.74, 6) is -1.33. The maximum Gasteiger partial charge on any atom is 0.313 e. The van der Waals surface area contributed by atoms with Gasteiger partial charge in [-0.2, -0.15) is 0 Å². The number of nitrogens with one attached hydrogen (secondary N) is 2. The number of benzene rings is 2. The molecule has 0 saturated heterocycles. The zero-order chi connectivity index (χ0) is 16.1. The van der Waals surface area contributed by atoms with E-state index in [1.165, 1.54) is 0 Å². The van der Waals surface area contributed by atoms with E-state index in [0.717, 1.165) is 21.2 Å². The molecule has 2 N–H and O–H groups in total. The average Bonchev–Trinajstić information content (AvgIpc) is 2.50. The van der Waals surface area contributed by atoms with Crippen LogP contribution in [0.25, 0.3) is 0 Å². The molecule has 5 heteroatoms. The Kier molecular flexibility index (Phi) is 5.33. The Labute approximate surface area is 138 Å². The zero-order valence-electron chi connectivity index (χ0n) is 12.4. The van der Waals surface area contributed by atoms with Gasteiger partial charge in [0, 0.05) is 16.7 Å². The van der Waals surface area contributed by atoms with Gasteiger partial charge in [-0.1, -0.05) is 46.3 Å². The van der Waals surface area contributed by atoms with Gasteiger partial charge in [-0.05, 0) is 42.7 Å². The lowest BCUT2D eigenvalue weighted by molar-refractivity contribution is -0.136. The maximum absolute atomic E-state index is 11.9. The summed E-state index contributed by atoms with van der Waals surface area (Å²) in [7, 11) is 0. The molecule has 0 fully saturated rings. The second kappa shape index (κ2) is 7.22. The highest BCUT2D eigenvalue weighted by molar-refractivity contribution is 9.10. The van der Waals surface area contributed by atoms with Crippen molar-refractivity contribution >= 4 is 33.4 Å². The number of hydrogen-bond acceptors (Lipinski definition) is 2. The summed E-state index contributed by atoms with van der Waals surface area (Å²) in [6, 6.07) is 13.1. The Morgan fingerprint density at radius 2 is 1.73 bits per heavy atom. The highest BCUT2D eigenvalue weighted by Crippen LogP contribution is 2.20. The van der Waals surface area contributed by atoms with Crippen molar-refractivity contribution < 1.29 is 9.59 Å². The van der Waals surface area contributed by atoms with Crippen LogP contribution < -0.4 is 10.6 Å². The van der Waals surface area contributed by atoms with Crippen LogP contribution in [0.5, 0.6) is 0 Å². The van der Waals surface area contributed by atoms with E-state index in [-0.39, 0.29) is 0 Å². The number of halogens is 1. The van der Waals surface area contributed by atoms with E-state index in [0.29, 0.717) is 12.2 Å². The second-order valence-electron chi connectivity index (χ2n) is 5.03. The van der Waals surface area contributed by atoms with Gasteiger partial charge >= 0.3 is 11.8 Å². The summed E-state index contributed by atoms with van der Waals surface area (Å²) >= 11 is 3.39. The van der Waals surface area contributed by atoms with Gasteiger partial charge in [0.1, 0.15) is 0 Å². The fraction of sp³-hybridized carbons (Fsp3) is 0.176. The lowest BCUT2D eigenvalue weighted by Gasteiger charge is -2.09. The molecule has 0 atom stereocenters. The Bertz CT molecular complexity index is 714. The van der Waals surface area contributed by atoms with Crippen LogP contribution >= 0.6 is 15.9 Å². The molecule has 4 nitrogen and oxygen atoms in total. The SMILES string of the molecule is Cc1ccc(NC(=O)C(=O)NCc2ccccc2C)cc1Br. The third kappa shape index (κ3) is 4.18. The lowest BCUT2D eigenvalue weighted by atomic mass is 10.1. The predicted octanol–water partition coefficient (Wildman–Crippen LogP) is 3.32. The lowest BCUT2D eigenvalue weighted by Crippen LogP contribution is -2.35. The summed E-state index contributed by atoms with van der Waals surface area (Å²) in [6.07, 6.45) is 0. The number of rotatable bonds is 3. The van der Waals surface area contributed by atoms with Gasteiger partial charge in [0.25, 0.3) is 0 Å². The minimum absolute atomic E-state index is 0.330. The van der Waals surface area contributed by atoms with Gasteiger partial charge in [-0.25, -0.2) is 0 Å². The number of amides is 2. The molecule has 2 aromatic carbocycles. The van der Waals surface area contributed by atoms with E-state index in [1.807, 2.05) is 44.2 Å². The first-order valence-electron chi connectivity index (χ1n) is 6.87. The van der Waals surface area contributed by atoms with Gasteiger partial charge in [0.2, 0.25) is 0 Å². The maximum atomic E-state index is 11.9. The summed E-state index contributed by atoms with van der Waals surface area (Å²) in [6.45, 7) is 4.24. The normalized spacial score (nSPS) is 10.1. The minimum Gasteiger partial charge on any atom is -0.344 e. The fourth-order valence-corrected chi connectivity index (χ4v) is 2.30. The van der Waals surface area contributed by atoms with Crippen molar-refractivity contribution in [3.8, 4) is 0 Å². The number of aryl methyl sites for hydroxylation is 2. The molecule has 22 heavy (non-hydrogen) atoms. The van der Waals surface area contributed by atoms with Crippen LogP contribution in [0.3, 0.4) is 0 Å². The van der Waals surface area contributed by atoms with Crippen molar-refractivity contribution in [1.82, 2.24) is 5.32 Å². The van der Waals surface area contributed by atoms with E-state index < -0.39 is 11.8 Å². The first-order valence-corrected chi connectivity index (χ1v) is 7.66. The van der Waals surface area contributed by atoms with Gasteiger partial charge in [0.15, 0.2) is 0 Å². The largest absolute Gasteiger partial charge is 0.344 e. The Balaban J connectivity index is 1.93. The predicted molar refractivity (Wildman–Crippen MR) is 90.5 cm³/mol. The molecule has 0 aromatic heterocycles. The molecule has 0 spiro atoms. The summed E-state index contributed by atoms with van der Waals surface area (Å²) in [5.41, 5.74) is 3.70. The van der Waals surface area contributed by atoms with E-state index in [4.69, 9.17) is 0 Å². The molecule has 0 heterocycles. The first kappa shape index (κ1) is 16.2. The quantitative estimate of drug-likeness (QED) is 0.824. The standard InChI is InChI=1S/C17H17BrN2O2/c1-11-5-3-4-6-13(11)10-19-16(21)17(22)20-14-8-7-12(2)15(18)9-14/h3-9H,10H2,1-2H3,(H,19,21)(H,20,22). The molecule has 2 rings (SSSR count). The molecule has 114 valence electrons. The van der Waals surface area contributed by atoms with Crippen molar-refractivity contribution in [1.29, 1.82) is 0 Å². The number of hydrogen-bond donors (Lipinski definition) is 2. The molecule has 0 unspecified atom stereocenters. The molecule has 0 aliphatic carbocycles. The molecule has 2 aromatic rings. The van der Waals surface area contributed by atoms with Crippen LogP contribution in [0, 0.1) is 13.8 Å². The van der Waals surface area contributed by atoms with Crippen LogP contribution in [0.4, 0.5) is 5.69 Å². The molecule has 2 amide bonds. The highest BCUT2D eigenvalue weighted by atomic mass is 79.9. The van der Waals surface area contributed by atoms with Gasteiger partial charge < -0.3 is 10.6 Å². The molecule has 0 saturated carbocycles. The van der Waals surface area contributed by atoms with Crippen molar-refractivity contribution in [2.45, 2.75) is 20.4 Å². The molecule has 0 aliphatic rings. The highest BCUT2D eigenvalue weighted by Gasteiger charge is 2.14. The van der Waals surface area contributed by atoms with Crippen LogP contribution in [-0.2, 0) is 16.1 Å². The Morgan fingerprint density at radius 1 is 1.00 bits per heavy atom. The fourth-order valence-electron chi connectivity index (χ4n) is 1.92. The minimum atomic E-state index is -0.677. The molecular weight excluding hydrogens is 344 g/mol. The Hall–Kier alpha value is -2.14. The topological polar surface area (TPSA) is 58.2 Å². The molecule has 0 aliphatic heterocycles. The number of anilines is 1. The van der Waals surface area contributed by atoms with Crippen molar-refractivity contribution in [3.63, 3.8) is 0 Å². The summed E-state index contributed by atoms with van der Waals surface area (Å²) < 4.78 is 0.880. The van der Waals surface area contributed by atoms with E-state index in [1.54, 1.807) is 12.1 Å². The third-order valence-corrected chi connectivity index (χ3v) is 4.19. The van der Waals surface area contributed by atoms with Crippen LogP contribution in [0.2, 0.25) is 0 Å². The van der Waals surface area contributed by atoms with E-state index in [2.05, 4.69) is 26.6 Å². The molecule has 0 radical (unpaired) electrons. The van der Waals surface area contributed by atoms with Crippen molar-refractivity contribution in [2.75, 3.05) is 5.32 Å². The van der Waals surface area contributed by atoms with E-state index >= 15 is 0 Å².